The molecule has 0 aliphatic carbocycles. The van der Waals surface area contributed by atoms with Gasteiger partial charge in [-0.1, -0.05) is 12.1 Å². The number of nitrogens with zero attached hydrogens (tertiary/aromatic N) is 1. The van der Waals surface area contributed by atoms with Crippen LogP contribution in [0.2, 0.25) is 0 Å². The zero-order chi connectivity index (χ0) is 15.5. The van der Waals surface area contributed by atoms with E-state index in [4.69, 9.17) is 4.74 Å². The Morgan fingerprint density at radius 1 is 1.45 bits per heavy atom. The fourth-order valence-electron chi connectivity index (χ4n) is 2.69. The molecule has 3 rings (SSSR count). The summed E-state index contributed by atoms with van der Waals surface area (Å²) < 4.78 is 18.8. The van der Waals surface area contributed by atoms with Crippen molar-refractivity contribution < 1.29 is 13.9 Å². The number of nitrogens with one attached hydrogen (secondary N) is 1. The van der Waals surface area contributed by atoms with E-state index in [2.05, 4.69) is 10.3 Å². The Balaban J connectivity index is 1.63. The molecule has 0 bridgehead atoms. The lowest BCUT2D eigenvalue weighted by Crippen LogP contribution is -2.30. The lowest BCUT2D eigenvalue weighted by Gasteiger charge is -2.19. The summed E-state index contributed by atoms with van der Waals surface area (Å²) in [5.74, 6) is -0.153. The number of ether oxygens (including phenoxy) is 1. The fourth-order valence-corrected chi connectivity index (χ4v) is 3.41. The van der Waals surface area contributed by atoms with Gasteiger partial charge in [0, 0.05) is 19.1 Å². The zero-order valence-corrected chi connectivity index (χ0v) is 13.0. The molecule has 0 radical (unpaired) electrons. The van der Waals surface area contributed by atoms with Gasteiger partial charge in [0.15, 0.2) is 0 Å². The summed E-state index contributed by atoms with van der Waals surface area (Å²) in [6.07, 6.45) is 0.785. The third-order valence-corrected chi connectivity index (χ3v) is 4.82. The highest BCUT2D eigenvalue weighted by molar-refractivity contribution is 7.11. The summed E-state index contributed by atoms with van der Waals surface area (Å²) in [7, 11) is 0. The first-order valence-electron chi connectivity index (χ1n) is 7.20. The molecule has 1 aliphatic rings. The molecule has 1 amide bonds. The van der Waals surface area contributed by atoms with Gasteiger partial charge in [-0.3, -0.25) is 4.79 Å². The molecule has 1 aliphatic heterocycles. The van der Waals surface area contributed by atoms with Gasteiger partial charge >= 0.3 is 0 Å². The maximum absolute atomic E-state index is 13.0. The molecule has 6 heteroatoms. The van der Waals surface area contributed by atoms with Crippen molar-refractivity contribution in [2.75, 3.05) is 13.2 Å². The van der Waals surface area contributed by atoms with E-state index in [-0.39, 0.29) is 23.7 Å². The first kappa shape index (κ1) is 15.1. The van der Waals surface area contributed by atoms with Gasteiger partial charge in [-0.2, -0.15) is 0 Å². The predicted octanol–water partition coefficient (Wildman–Crippen LogP) is 3.10. The maximum atomic E-state index is 13.0. The van der Waals surface area contributed by atoms with Crippen LogP contribution in [0.15, 0.2) is 29.8 Å². The summed E-state index contributed by atoms with van der Waals surface area (Å²) >= 11 is 1.34. The molecule has 2 aromatic rings. The highest BCUT2D eigenvalue weighted by atomic mass is 32.1. The SMILES string of the molecule is Cc1ncsc1C(=O)NC[C@@H]1CCO[C@H]1c1ccc(F)cc1. The summed E-state index contributed by atoms with van der Waals surface area (Å²) in [6, 6.07) is 6.36. The second kappa shape index (κ2) is 6.54. The fraction of sp³-hybridized carbons (Fsp3) is 0.375. The number of carbonyl (C=O) groups excluding carboxylic acids is 1. The van der Waals surface area contributed by atoms with E-state index in [9.17, 15) is 9.18 Å². The second-order valence-corrected chi connectivity index (χ2v) is 6.22. The van der Waals surface area contributed by atoms with Gasteiger partial charge in [0.05, 0.1) is 17.3 Å². The topological polar surface area (TPSA) is 51.2 Å². The molecule has 1 N–H and O–H groups in total. The Morgan fingerprint density at radius 2 is 2.23 bits per heavy atom. The largest absolute Gasteiger partial charge is 0.373 e. The molecule has 1 fully saturated rings. The third-order valence-electron chi connectivity index (χ3n) is 3.89. The van der Waals surface area contributed by atoms with E-state index >= 15 is 0 Å². The van der Waals surface area contributed by atoms with Gasteiger partial charge in [-0.15, -0.1) is 11.3 Å². The Hall–Kier alpha value is -1.79. The number of hydrogen-bond acceptors (Lipinski definition) is 4. The molecule has 0 saturated carbocycles. The second-order valence-electron chi connectivity index (χ2n) is 5.37. The number of rotatable bonds is 4. The molecule has 1 saturated heterocycles. The summed E-state index contributed by atoms with van der Waals surface area (Å²) in [6.45, 7) is 3.02. The van der Waals surface area contributed by atoms with Crippen molar-refractivity contribution in [3.8, 4) is 0 Å². The minimum Gasteiger partial charge on any atom is -0.373 e. The molecular formula is C16H17FN2O2S. The molecule has 22 heavy (non-hydrogen) atoms. The lowest BCUT2D eigenvalue weighted by molar-refractivity contribution is 0.0847. The summed E-state index contributed by atoms with van der Waals surface area (Å²) in [5, 5.41) is 2.96. The predicted molar refractivity (Wildman–Crippen MR) is 82.4 cm³/mol. The van der Waals surface area contributed by atoms with Crippen molar-refractivity contribution in [1.29, 1.82) is 0 Å². The number of carbonyl (C=O) groups is 1. The van der Waals surface area contributed by atoms with Crippen molar-refractivity contribution in [3.63, 3.8) is 0 Å². The maximum Gasteiger partial charge on any atom is 0.263 e. The van der Waals surface area contributed by atoms with Crippen LogP contribution in [0.4, 0.5) is 4.39 Å². The Bertz CT molecular complexity index is 656. The van der Waals surface area contributed by atoms with Crippen molar-refractivity contribution in [2.45, 2.75) is 19.4 Å². The molecule has 1 aromatic heterocycles. The van der Waals surface area contributed by atoms with E-state index in [1.807, 2.05) is 6.92 Å². The Kier molecular flexibility index (Phi) is 4.49. The first-order chi connectivity index (χ1) is 10.6. The zero-order valence-electron chi connectivity index (χ0n) is 12.2. The van der Waals surface area contributed by atoms with Crippen molar-refractivity contribution >= 4 is 17.2 Å². The van der Waals surface area contributed by atoms with Gasteiger partial charge in [0.2, 0.25) is 0 Å². The van der Waals surface area contributed by atoms with E-state index in [0.29, 0.717) is 18.0 Å². The average molecular weight is 320 g/mol. The molecule has 4 nitrogen and oxygen atoms in total. The first-order valence-corrected chi connectivity index (χ1v) is 8.08. The number of aromatic nitrogens is 1. The monoisotopic (exact) mass is 320 g/mol. The quantitative estimate of drug-likeness (QED) is 0.942. The minimum absolute atomic E-state index is 0.0928. The van der Waals surface area contributed by atoms with E-state index < -0.39 is 0 Å². The van der Waals surface area contributed by atoms with E-state index in [1.54, 1.807) is 17.6 Å². The Labute approximate surface area is 132 Å². The van der Waals surface area contributed by atoms with Crippen LogP contribution < -0.4 is 5.32 Å². The number of thiazole rings is 1. The van der Waals surface area contributed by atoms with Crippen LogP contribution in [0.25, 0.3) is 0 Å². The molecular weight excluding hydrogens is 303 g/mol. The number of hydrogen-bond donors (Lipinski definition) is 1. The van der Waals surface area contributed by atoms with Gasteiger partial charge in [-0.25, -0.2) is 9.37 Å². The van der Waals surface area contributed by atoms with E-state index in [0.717, 1.165) is 17.7 Å². The molecule has 0 unspecified atom stereocenters. The van der Waals surface area contributed by atoms with Crippen LogP contribution in [0, 0.1) is 18.7 Å². The minimum atomic E-state index is -0.257. The van der Waals surface area contributed by atoms with Gasteiger partial charge < -0.3 is 10.1 Å². The number of amides is 1. The molecule has 2 heterocycles. The standard InChI is InChI=1S/C16H17FN2O2S/c1-10-15(22-9-19-10)16(20)18-8-12-6-7-21-14(12)11-2-4-13(17)5-3-11/h2-5,9,12,14H,6-8H2,1H3,(H,18,20)/t12-,14-/m0/s1. The van der Waals surface area contributed by atoms with Crippen LogP contribution in [0.1, 0.15) is 33.5 Å². The van der Waals surface area contributed by atoms with Crippen molar-refractivity contribution in [3.05, 3.63) is 51.7 Å². The highest BCUT2D eigenvalue weighted by Crippen LogP contribution is 2.34. The van der Waals surface area contributed by atoms with Gasteiger partial charge in [-0.05, 0) is 31.0 Å². The molecule has 1 aromatic carbocycles. The van der Waals surface area contributed by atoms with Crippen molar-refractivity contribution in [2.24, 2.45) is 5.92 Å². The van der Waals surface area contributed by atoms with Crippen LogP contribution in [0.3, 0.4) is 0 Å². The summed E-state index contributed by atoms with van der Waals surface area (Å²) in [5.41, 5.74) is 3.37. The number of halogens is 1. The Morgan fingerprint density at radius 3 is 2.91 bits per heavy atom. The van der Waals surface area contributed by atoms with Crippen LogP contribution >= 0.6 is 11.3 Å². The van der Waals surface area contributed by atoms with Gasteiger partial charge in [0.1, 0.15) is 10.7 Å². The smallest absolute Gasteiger partial charge is 0.263 e. The highest BCUT2D eigenvalue weighted by Gasteiger charge is 2.30. The van der Waals surface area contributed by atoms with E-state index in [1.165, 1.54) is 23.5 Å². The third kappa shape index (κ3) is 3.18. The van der Waals surface area contributed by atoms with Gasteiger partial charge in [0.25, 0.3) is 5.91 Å². The van der Waals surface area contributed by atoms with Crippen LogP contribution in [-0.4, -0.2) is 24.0 Å². The lowest BCUT2D eigenvalue weighted by atomic mass is 9.95. The normalized spacial score (nSPS) is 21.0. The van der Waals surface area contributed by atoms with Crippen LogP contribution in [-0.2, 0) is 4.74 Å². The molecule has 2 atom stereocenters. The van der Waals surface area contributed by atoms with Crippen molar-refractivity contribution in [1.82, 2.24) is 10.3 Å². The number of benzene rings is 1. The molecule has 0 spiro atoms. The molecule has 116 valence electrons. The number of aryl methyl sites for hydroxylation is 1. The average Bonchev–Trinajstić information content (AvgIpc) is 3.14. The summed E-state index contributed by atoms with van der Waals surface area (Å²) in [4.78, 5) is 16.9. The van der Waals surface area contributed by atoms with Crippen LogP contribution in [0.5, 0.6) is 0 Å².